The van der Waals surface area contributed by atoms with Gasteiger partial charge in [-0.2, -0.15) is 0 Å². The SMILES string of the molecule is O=C1OP(Cl)Oc2ccc3ccccc3c21. The smallest absolute Gasteiger partial charge is 0.403 e. The van der Waals surface area contributed by atoms with E-state index in [1.165, 1.54) is 0 Å². The molecule has 0 spiro atoms. The molecule has 0 N–H and O–H groups in total. The largest absolute Gasteiger partial charge is 0.426 e. The van der Waals surface area contributed by atoms with Crippen LogP contribution >= 0.6 is 19.0 Å². The summed E-state index contributed by atoms with van der Waals surface area (Å²) in [5.74, 6) is 0.0789. The third-order valence-corrected chi connectivity index (χ3v) is 3.48. The first kappa shape index (κ1) is 9.88. The molecule has 0 aliphatic carbocycles. The van der Waals surface area contributed by atoms with Crippen molar-refractivity contribution in [2.75, 3.05) is 0 Å². The molecular formula is C11H6ClO3P. The average Bonchev–Trinajstić information content (AvgIpc) is 2.28. The van der Waals surface area contributed by atoms with Crippen LogP contribution in [0.15, 0.2) is 36.4 Å². The predicted octanol–water partition coefficient (Wildman–Crippen LogP) is 3.85. The Morgan fingerprint density at radius 2 is 1.88 bits per heavy atom. The lowest BCUT2D eigenvalue weighted by atomic mass is 10.0. The average molecular weight is 253 g/mol. The maximum Gasteiger partial charge on any atom is 0.403 e. The summed E-state index contributed by atoms with van der Waals surface area (Å²) >= 11 is 5.69. The van der Waals surface area contributed by atoms with Crippen LogP contribution in [0.1, 0.15) is 10.4 Å². The van der Waals surface area contributed by atoms with Crippen molar-refractivity contribution in [3.63, 3.8) is 0 Å². The second kappa shape index (κ2) is 3.62. The van der Waals surface area contributed by atoms with Crippen molar-refractivity contribution in [1.82, 2.24) is 0 Å². The van der Waals surface area contributed by atoms with Crippen LogP contribution in [0.2, 0.25) is 0 Å². The number of rotatable bonds is 0. The number of benzene rings is 2. The molecule has 1 aliphatic heterocycles. The summed E-state index contributed by atoms with van der Waals surface area (Å²) in [6, 6.07) is 11.2. The van der Waals surface area contributed by atoms with Gasteiger partial charge in [-0.25, -0.2) is 4.79 Å². The molecule has 0 bridgehead atoms. The molecule has 80 valence electrons. The number of carbonyl (C=O) groups is 1. The first-order valence-electron chi connectivity index (χ1n) is 4.63. The van der Waals surface area contributed by atoms with Crippen molar-refractivity contribution in [2.24, 2.45) is 0 Å². The summed E-state index contributed by atoms with van der Waals surface area (Å²) < 4.78 is 10.2. The molecular weight excluding hydrogens is 247 g/mol. The molecule has 1 unspecified atom stereocenters. The molecule has 3 nitrogen and oxygen atoms in total. The van der Waals surface area contributed by atoms with E-state index in [4.69, 9.17) is 20.3 Å². The van der Waals surface area contributed by atoms with Crippen LogP contribution in [-0.4, -0.2) is 5.97 Å². The van der Waals surface area contributed by atoms with E-state index in [1.807, 2.05) is 30.3 Å². The van der Waals surface area contributed by atoms with Crippen LogP contribution in [0.25, 0.3) is 10.8 Å². The quantitative estimate of drug-likeness (QED) is 0.668. The minimum atomic E-state index is -1.65. The van der Waals surface area contributed by atoms with E-state index in [2.05, 4.69) is 0 Å². The summed E-state index contributed by atoms with van der Waals surface area (Å²) in [5.41, 5.74) is 0.456. The zero-order chi connectivity index (χ0) is 11.1. The number of carbonyl (C=O) groups excluding carboxylic acids is 1. The molecule has 1 aliphatic rings. The highest BCUT2D eigenvalue weighted by Crippen LogP contribution is 2.51. The van der Waals surface area contributed by atoms with Gasteiger partial charge in [0.15, 0.2) is 0 Å². The van der Waals surface area contributed by atoms with Crippen molar-refractivity contribution in [2.45, 2.75) is 0 Å². The molecule has 0 saturated carbocycles. The molecule has 2 aromatic rings. The lowest BCUT2D eigenvalue weighted by Crippen LogP contribution is -2.10. The Morgan fingerprint density at radius 1 is 1.06 bits per heavy atom. The van der Waals surface area contributed by atoms with Gasteiger partial charge in [-0.15, -0.1) is 0 Å². The van der Waals surface area contributed by atoms with Gasteiger partial charge < -0.3 is 9.05 Å². The Morgan fingerprint density at radius 3 is 2.75 bits per heavy atom. The monoisotopic (exact) mass is 252 g/mol. The molecule has 0 fully saturated rings. The lowest BCUT2D eigenvalue weighted by Gasteiger charge is -2.20. The minimum absolute atomic E-state index is 0.417. The van der Waals surface area contributed by atoms with Crippen LogP contribution in [0, 0.1) is 0 Å². The molecule has 1 heterocycles. The number of fused-ring (bicyclic) bond motifs is 3. The van der Waals surface area contributed by atoms with E-state index in [9.17, 15) is 4.79 Å². The first-order valence-corrected chi connectivity index (χ1v) is 6.72. The molecule has 3 rings (SSSR count). The van der Waals surface area contributed by atoms with Gasteiger partial charge in [0.25, 0.3) is 0 Å². The molecule has 0 aromatic heterocycles. The van der Waals surface area contributed by atoms with Crippen molar-refractivity contribution in [3.05, 3.63) is 42.0 Å². The molecule has 5 heteroatoms. The van der Waals surface area contributed by atoms with Crippen LogP contribution in [0.4, 0.5) is 0 Å². The van der Waals surface area contributed by atoms with Gasteiger partial charge >= 0.3 is 13.7 Å². The van der Waals surface area contributed by atoms with E-state index in [1.54, 1.807) is 6.07 Å². The summed E-state index contributed by atoms with van der Waals surface area (Å²) in [6.07, 6.45) is 0. The van der Waals surface area contributed by atoms with Gasteiger partial charge in [0, 0.05) is 0 Å². The fraction of sp³-hybridized carbons (Fsp3) is 0. The molecule has 0 radical (unpaired) electrons. The Balaban J connectivity index is 2.33. The predicted molar refractivity (Wildman–Crippen MR) is 62.8 cm³/mol. The Bertz CT molecular complexity index is 584. The van der Waals surface area contributed by atoms with Crippen molar-refractivity contribution in [1.29, 1.82) is 0 Å². The summed E-state index contributed by atoms with van der Waals surface area (Å²) in [4.78, 5) is 11.7. The number of hydrogen-bond donors (Lipinski definition) is 0. The van der Waals surface area contributed by atoms with Gasteiger partial charge in [-0.1, -0.05) is 30.3 Å². The third-order valence-electron chi connectivity index (χ3n) is 2.42. The van der Waals surface area contributed by atoms with E-state index in [-0.39, 0.29) is 0 Å². The van der Waals surface area contributed by atoms with Crippen molar-refractivity contribution >= 4 is 35.7 Å². The lowest BCUT2D eigenvalue weighted by molar-refractivity contribution is 0.0731. The highest BCUT2D eigenvalue weighted by atomic mass is 35.7. The van der Waals surface area contributed by atoms with Crippen molar-refractivity contribution in [3.8, 4) is 5.75 Å². The molecule has 0 amide bonds. The van der Waals surface area contributed by atoms with Crippen LogP contribution in [0.3, 0.4) is 0 Å². The van der Waals surface area contributed by atoms with Gasteiger partial charge in [-0.05, 0) is 28.1 Å². The Hall–Kier alpha value is -1.31. The summed E-state index contributed by atoms with van der Waals surface area (Å²) in [5, 5.41) is 1.80. The van der Waals surface area contributed by atoms with Crippen LogP contribution in [0.5, 0.6) is 5.75 Å². The fourth-order valence-corrected chi connectivity index (χ4v) is 2.72. The van der Waals surface area contributed by atoms with Gasteiger partial charge in [-0.3, -0.25) is 0 Å². The molecule has 0 saturated heterocycles. The molecule has 2 aromatic carbocycles. The highest BCUT2D eigenvalue weighted by molar-refractivity contribution is 7.76. The highest BCUT2D eigenvalue weighted by Gasteiger charge is 2.29. The van der Waals surface area contributed by atoms with Gasteiger partial charge in [0.05, 0.1) is 0 Å². The Kier molecular flexibility index (Phi) is 2.23. The summed E-state index contributed by atoms with van der Waals surface area (Å²) in [6.45, 7) is 0. The van der Waals surface area contributed by atoms with E-state index in [0.29, 0.717) is 11.3 Å². The van der Waals surface area contributed by atoms with E-state index < -0.39 is 13.7 Å². The number of hydrogen-bond acceptors (Lipinski definition) is 3. The van der Waals surface area contributed by atoms with Gasteiger partial charge in [0.2, 0.25) is 0 Å². The van der Waals surface area contributed by atoms with E-state index >= 15 is 0 Å². The van der Waals surface area contributed by atoms with Crippen molar-refractivity contribution < 1.29 is 13.8 Å². The Labute approximate surface area is 97.6 Å². The molecule has 1 atom stereocenters. The standard InChI is InChI=1S/C11H6ClO3P/c12-16-14-9-6-5-7-3-1-2-4-8(7)10(9)11(13)15-16/h1-6H. The van der Waals surface area contributed by atoms with Crippen LogP contribution < -0.4 is 4.52 Å². The molecule has 16 heavy (non-hydrogen) atoms. The maximum atomic E-state index is 11.7. The zero-order valence-corrected chi connectivity index (χ0v) is 9.66. The second-order valence-corrected chi connectivity index (χ2v) is 4.96. The normalized spacial score (nSPS) is 18.8. The van der Waals surface area contributed by atoms with E-state index in [0.717, 1.165) is 10.8 Å². The van der Waals surface area contributed by atoms with Gasteiger partial charge in [0.1, 0.15) is 11.3 Å². The van der Waals surface area contributed by atoms with Crippen LogP contribution in [-0.2, 0) is 4.52 Å². The number of halogens is 1. The minimum Gasteiger partial charge on any atom is -0.426 e. The first-order chi connectivity index (χ1) is 7.75. The fourth-order valence-electron chi connectivity index (χ4n) is 1.74. The maximum absolute atomic E-state index is 11.7. The topological polar surface area (TPSA) is 35.5 Å². The summed E-state index contributed by atoms with van der Waals surface area (Å²) in [7, 11) is -1.65. The zero-order valence-electron chi connectivity index (χ0n) is 8.01. The third kappa shape index (κ3) is 1.44. The second-order valence-electron chi connectivity index (χ2n) is 3.34.